The van der Waals surface area contributed by atoms with Crippen molar-refractivity contribution in [1.82, 2.24) is 0 Å². The Balaban J connectivity index is 1.98. The number of benzene rings is 1. The van der Waals surface area contributed by atoms with E-state index in [4.69, 9.17) is 4.74 Å². The highest BCUT2D eigenvalue weighted by Crippen LogP contribution is 2.48. The van der Waals surface area contributed by atoms with E-state index in [9.17, 15) is 9.90 Å². The first-order chi connectivity index (χ1) is 10.1. The van der Waals surface area contributed by atoms with Crippen LogP contribution in [0, 0.1) is 0 Å². The summed E-state index contributed by atoms with van der Waals surface area (Å²) in [5.41, 5.74) is 1.20. The maximum Gasteiger partial charge on any atom is 0.308 e. The molecule has 1 heterocycles. The fourth-order valence-corrected chi connectivity index (χ4v) is 5.65. The predicted octanol–water partition coefficient (Wildman–Crippen LogP) is 3.84. The molecule has 116 valence electrons. The Morgan fingerprint density at radius 2 is 1.95 bits per heavy atom. The van der Waals surface area contributed by atoms with Crippen molar-refractivity contribution in [3.05, 3.63) is 29.8 Å². The molecule has 0 aliphatic carbocycles. The summed E-state index contributed by atoms with van der Waals surface area (Å²) in [5.74, 6) is 2.43. The van der Waals surface area contributed by atoms with E-state index < -0.39 is 0 Å². The SMILES string of the molecule is CCOC(=O)CC1(CCc2ccc(O)cc2)SCCCS1. The fourth-order valence-electron chi connectivity index (χ4n) is 2.38. The average molecular weight is 326 g/mol. The zero-order chi connectivity index (χ0) is 15.1. The van der Waals surface area contributed by atoms with Crippen LogP contribution in [0.2, 0.25) is 0 Å². The van der Waals surface area contributed by atoms with E-state index in [1.807, 2.05) is 42.6 Å². The number of phenolic OH excluding ortho intramolecular Hbond substituents is 1. The lowest BCUT2D eigenvalue weighted by molar-refractivity contribution is -0.143. The van der Waals surface area contributed by atoms with Crippen molar-refractivity contribution in [2.75, 3.05) is 18.1 Å². The number of carbonyl (C=O) groups is 1. The Bertz CT molecular complexity index is 453. The first-order valence-electron chi connectivity index (χ1n) is 7.35. The smallest absolute Gasteiger partial charge is 0.308 e. The van der Waals surface area contributed by atoms with Crippen LogP contribution in [0.1, 0.15) is 31.7 Å². The minimum atomic E-state index is -0.0925. The van der Waals surface area contributed by atoms with Crippen molar-refractivity contribution in [2.45, 2.75) is 36.7 Å². The Kier molecular flexibility index (Phi) is 6.30. The lowest BCUT2D eigenvalue weighted by Gasteiger charge is -2.35. The standard InChI is InChI=1S/C16H22O3S2/c1-2-19-15(18)12-16(20-10-3-11-21-16)9-8-13-4-6-14(17)7-5-13/h4-7,17H,2-3,8-12H2,1H3. The Labute approximate surface area is 134 Å². The van der Waals surface area contributed by atoms with Crippen LogP contribution in [-0.2, 0) is 16.0 Å². The van der Waals surface area contributed by atoms with Crippen molar-refractivity contribution in [1.29, 1.82) is 0 Å². The number of ether oxygens (including phenoxy) is 1. The molecule has 1 aromatic carbocycles. The molecule has 1 saturated heterocycles. The lowest BCUT2D eigenvalue weighted by Crippen LogP contribution is -2.30. The molecule has 21 heavy (non-hydrogen) atoms. The van der Waals surface area contributed by atoms with Crippen LogP contribution in [-0.4, -0.2) is 33.3 Å². The van der Waals surface area contributed by atoms with Gasteiger partial charge in [-0.25, -0.2) is 0 Å². The number of esters is 1. The second-order valence-electron chi connectivity index (χ2n) is 5.11. The lowest BCUT2D eigenvalue weighted by atomic mass is 10.1. The van der Waals surface area contributed by atoms with Crippen LogP contribution in [0.15, 0.2) is 24.3 Å². The largest absolute Gasteiger partial charge is 0.508 e. The highest BCUT2D eigenvalue weighted by molar-refractivity contribution is 8.18. The molecule has 0 atom stereocenters. The molecule has 1 aliphatic rings. The second-order valence-corrected chi connectivity index (χ2v) is 8.32. The van der Waals surface area contributed by atoms with Gasteiger partial charge in [0.2, 0.25) is 0 Å². The molecule has 5 heteroatoms. The van der Waals surface area contributed by atoms with E-state index in [0.29, 0.717) is 18.8 Å². The third kappa shape index (κ3) is 5.15. The van der Waals surface area contributed by atoms with E-state index in [1.54, 1.807) is 12.1 Å². The molecular formula is C16H22O3S2. The van der Waals surface area contributed by atoms with E-state index >= 15 is 0 Å². The van der Waals surface area contributed by atoms with Gasteiger partial charge in [0, 0.05) is 0 Å². The molecule has 0 amide bonds. The van der Waals surface area contributed by atoms with Gasteiger partial charge in [-0.1, -0.05) is 12.1 Å². The molecule has 0 bridgehead atoms. The minimum Gasteiger partial charge on any atom is -0.508 e. The zero-order valence-electron chi connectivity index (χ0n) is 12.3. The van der Waals surface area contributed by atoms with Gasteiger partial charge in [0.05, 0.1) is 17.1 Å². The number of thioether (sulfide) groups is 2. The molecule has 1 aliphatic heterocycles. The molecule has 0 unspecified atom stereocenters. The molecule has 0 radical (unpaired) electrons. The highest BCUT2D eigenvalue weighted by Gasteiger charge is 2.36. The minimum absolute atomic E-state index is 0.0532. The summed E-state index contributed by atoms with van der Waals surface area (Å²) in [6.07, 6.45) is 3.55. The summed E-state index contributed by atoms with van der Waals surface area (Å²) in [6, 6.07) is 7.33. The maximum absolute atomic E-state index is 11.9. The maximum atomic E-state index is 11.9. The van der Waals surface area contributed by atoms with Crippen molar-refractivity contribution in [2.24, 2.45) is 0 Å². The van der Waals surface area contributed by atoms with E-state index in [0.717, 1.165) is 24.3 Å². The molecule has 0 aromatic heterocycles. The van der Waals surface area contributed by atoms with Crippen LogP contribution >= 0.6 is 23.5 Å². The molecule has 1 fully saturated rings. The second kappa shape index (κ2) is 7.99. The van der Waals surface area contributed by atoms with E-state index in [2.05, 4.69) is 0 Å². The summed E-state index contributed by atoms with van der Waals surface area (Å²) in [4.78, 5) is 11.9. The average Bonchev–Trinajstić information content (AvgIpc) is 2.48. The van der Waals surface area contributed by atoms with Crippen LogP contribution < -0.4 is 0 Å². The van der Waals surface area contributed by atoms with E-state index in [-0.39, 0.29) is 10.0 Å². The molecule has 1 N–H and O–H groups in total. The molecule has 0 saturated carbocycles. The number of carbonyl (C=O) groups excluding carboxylic acids is 1. The quantitative estimate of drug-likeness (QED) is 0.805. The summed E-state index contributed by atoms with van der Waals surface area (Å²) in [6.45, 7) is 2.30. The monoisotopic (exact) mass is 326 g/mol. The van der Waals surface area contributed by atoms with Crippen LogP contribution in [0.4, 0.5) is 0 Å². The van der Waals surface area contributed by atoms with Gasteiger partial charge in [-0.15, -0.1) is 23.5 Å². The Hall–Kier alpha value is -0.810. The fraction of sp³-hybridized carbons (Fsp3) is 0.562. The van der Waals surface area contributed by atoms with Crippen molar-refractivity contribution in [3.63, 3.8) is 0 Å². The molecular weight excluding hydrogens is 304 g/mol. The van der Waals surface area contributed by atoms with Gasteiger partial charge in [-0.05, 0) is 55.4 Å². The van der Waals surface area contributed by atoms with Crippen molar-refractivity contribution < 1.29 is 14.6 Å². The third-order valence-corrected chi connectivity index (χ3v) is 6.91. The zero-order valence-corrected chi connectivity index (χ0v) is 14.0. The summed E-state index contributed by atoms with van der Waals surface area (Å²) < 4.78 is 5.09. The van der Waals surface area contributed by atoms with Gasteiger partial charge in [-0.2, -0.15) is 0 Å². The third-order valence-electron chi connectivity index (χ3n) is 3.47. The van der Waals surface area contributed by atoms with Gasteiger partial charge in [0.1, 0.15) is 5.75 Å². The number of aryl methyl sites for hydroxylation is 1. The summed E-state index contributed by atoms with van der Waals surface area (Å²) in [7, 11) is 0. The van der Waals surface area contributed by atoms with Gasteiger partial charge in [0.25, 0.3) is 0 Å². The Morgan fingerprint density at radius 3 is 2.57 bits per heavy atom. The number of phenols is 1. The summed E-state index contributed by atoms with van der Waals surface area (Å²) >= 11 is 3.80. The molecule has 1 aromatic rings. The number of hydrogen-bond donors (Lipinski definition) is 1. The predicted molar refractivity (Wildman–Crippen MR) is 89.9 cm³/mol. The van der Waals surface area contributed by atoms with Crippen molar-refractivity contribution in [3.8, 4) is 5.75 Å². The normalized spacial score (nSPS) is 17.4. The van der Waals surface area contributed by atoms with Gasteiger partial charge < -0.3 is 9.84 Å². The van der Waals surface area contributed by atoms with Crippen LogP contribution in [0.3, 0.4) is 0 Å². The topological polar surface area (TPSA) is 46.5 Å². The molecule has 3 nitrogen and oxygen atoms in total. The van der Waals surface area contributed by atoms with Crippen LogP contribution in [0.5, 0.6) is 5.75 Å². The van der Waals surface area contributed by atoms with E-state index in [1.165, 1.54) is 12.0 Å². The van der Waals surface area contributed by atoms with Gasteiger partial charge >= 0.3 is 5.97 Å². The highest BCUT2D eigenvalue weighted by atomic mass is 32.2. The summed E-state index contributed by atoms with van der Waals surface area (Å²) in [5, 5.41) is 9.33. The van der Waals surface area contributed by atoms with Gasteiger partial charge in [-0.3, -0.25) is 4.79 Å². The van der Waals surface area contributed by atoms with Gasteiger partial charge in [0.15, 0.2) is 0 Å². The Morgan fingerprint density at radius 1 is 1.29 bits per heavy atom. The van der Waals surface area contributed by atoms with Crippen molar-refractivity contribution >= 4 is 29.5 Å². The number of hydrogen-bond acceptors (Lipinski definition) is 5. The molecule has 2 rings (SSSR count). The molecule has 0 spiro atoms. The number of rotatable bonds is 6. The first-order valence-corrected chi connectivity index (χ1v) is 9.32. The van der Waals surface area contributed by atoms with Crippen LogP contribution in [0.25, 0.3) is 0 Å². The first kappa shape index (κ1) is 16.6. The number of aromatic hydroxyl groups is 1.